The van der Waals surface area contributed by atoms with E-state index in [1.807, 2.05) is 24.3 Å². The number of amides is 2. The fourth-order valence-corrected chi connectivity index (χ4v) is 3.42. The molecule has 0 saturated carbocycles. The zero-order valence-electron chi connectivity index (χ0n) is 15.2. The number of hydrogen-bond acceptors (Lipinski definition) is 4. The Hall–Kier alpha value is -2.50. The number of rotatable bonds is 4. The summed E-state index contributed by atoms with van der Waals surface area (Å²) in [7, 11) is 0. The van der Waals surface area contributed by atoms with Gasteiger partial charge in [-0.1, -0.05) is 24.3 Å². The van der Waals surface area contributed by atoms with Gasteiger partial charge in [0, 0.05) is 31.6 Å². The van der Waals surface area contributed by atoms with Crippen LogP contribution in [0.15, 0.2) is 30.3 Å². The van der Waals surface area contributed by atoms with Gasteiger partial charge in [-0.3, -0.25) is 4.79 Å². The summed E-state index contributed by atoms with van der Waals surface area (Å²) in [6, 6.07) is 7.88. The van der Waals surface area contributed by atoms with Gasteiger partial charge in [0.1, 0.15) is 11.4 Å². The van der Waals surface area contributed by atoms with Gasteiger partial charge in [0.15, 0.2) is 0 Å². The van der Waals surface area contributed by atoms with Crippen LogP contribution in [0, 0.1) is 0 Å². The van der Waals surface area contributed by atoms with E-state index in [1.54, 1.807) is 11.8 Å². The topological polar surface area (TPSA) is 67.9 Å². The maximum Gasteiger partial charge on any atom is 0.317 e. The Bertz CT molecular complexity index is 688. The van der Waals surface area contributed by atoms with Gasteiger partial charge < -0.3 is 19.7 Å². The highest BCUT2D eigenvalue weighted by Crippen LogP contribution is 2.36. The van der Waals surface area contributed by atoms with E-state index in [1.165, 1.54) is 0 Å². The second-order valence-corrected chi connectivity index (χ2v) is 6.67. The van der Waals surface area contributed by atoms with Crippen molar-refractivity contribution in [2.24, 2.45) is 0 Å². The monoisotopic (exact) mass is 358 g/mol. The van der Waals surface area contributed by atoms with Gasteiger partial charge in [-0.15, -0.1) is 0 Å². The molecule has 0 aliphatic carbocycles. The van der Waals surface area contributed by atoms with E-state index in [9.17, 15) is 9.59 Å². The molecule has 2 aliphatic heterocycles. The van der Waals surface area contributed by atoms with Crippen molar-refractivity contribution in [1.29, 1.82) is 0 Å². The molecule has 2 amide bonds. The van der Waals surface area contributed by atoms with Crippen molar-refractivity contribution in [3.63, 3.8) is 0 Å². The van der Waals surface area contributed by atoms with Crippen LogP contribution >= 0.6 is 0 Å². The van der Waals surface area contributed by atoms with Crippen molar-refractivity contribution >= 4 is 18.1 Å². The second kappa shape index (κ2) is 8.25. The largest absolute Gasteiger partial charge is 0.483 e. The normalized spacial score (nSPS) is 21.5. The fraction of sp³-hybridized carbons (Fsp3) is 0.500. The molecule has 1 atom stereocenters. The maximum absolute atomic E-state index is 12.4. The molecule has 3 rings (SSSR count). The second-order valence-electron chi connectivity index (χ2n) is 6.67. The van der Waals surface area contributed by atoms with Crippen LogP contribution in [0.2, 0.25) is 0 Å². The molecule has 1 unspecified atom stereocenters. The van der Waals surface area contributed by atoms with Crippen molar-refractivity contribution < 1.29 is 19.1 Å². The highest BCUT2D eigenvalue weighted by Gasteiger charge is 2.35. The Morgan fingerprint density at radius 1 is 1.27 bits per heavy atom. The molecular formula is C20H26N2O4. The third-order valence-corrected chi connectivity index (χ3v) is 4.83. The minimum atomic E-state index is -0.339. The number of hydrogen-bond donors (Lipinski definition) is 1. The van der Waals surface area contributed by atoms with Crippen molar-refractivity contribution in [2.75, 3.05) is 26.2 Å². The third-order valence-electron chi connectivity index (χ3n) is 4.83. The first-order chi connectivity index (χ1) is 12.6. The van der Waals surface area contributed by atoms with Crippen molar-refractivity contribution in [2.45, 2.75) is 38.2 Å². The van der Waals surface area contributed by atoms with Crippen LogP contribution in [0.4, 0.5) is 4.79 Å². The molecule has 26 heavy (non-hydrogen) atoms. The third kappa shape index (κ3) is 4.36. The first-order valence-electron chi connectivity index (χ1n) is 9.27. The van der Waals surface area contributed by atoms with E-state index in [2.05, 4.69) is 17.5 Å². The quantitative estimate of drug-likeness (QED) is 0.840. The lowest BCUT2D eigenvalue weighted by molar-refractivity contribution is -0.142. The SMILES string of the molecule is CCOC(=O)CCNC(=O)N1CCCC2(C=Cc3ccccc3O2)CC1. The van der Waals surface area contributed by atoms with Crippen LogP contribution in [0.1, 0.15) is 38.2 Å². The molecule has 1 aromatic rings. The van der Waals surface area contributed by atoms with Crippen LogP contribution < -0.4 is 10.1 Å². The van der Waals surface area contributed by atoms with Crippen LogP contribution in [-0.2, 0) is 9.53 Å². The van der Waals surface area contributed by atoms with E-state index >= 15 is 0 Å². The van der Waals surface area contributed by atoms with Crippen LogP contribution in [0.5, 0.6) is 5.75 Å². The van der Waals surface area contributed by atoms with E-state index in [-0.39, 0.29) is 24.0 Å². The number of ether oxygens (including phenoxy) is 2. The fourth-order valence-electron chi connectivity index (χ4n) is 3.42. The minimum Gasteiger partial charge on any atom is -0.483 e. The lowest BCUT2D eigenvalue weighted by Gasteiger charge is -2.34. The van der Waals surface area contributed by atoms with Crippen LogP contribution in [0.3, 0.4) is 0 Å². The molecule has 6 heteroatoms. The Balaban J connectivity index is 1.52. The molecule has 140 valence electrons. The predicted octanol–water partition coefficient (Wildman–Crippen LogP) is 2.98. The van der Waals surface area contributed by atoms with E-state index < -0.39 is 0 Å². The number of nitrogens with one attached hydrogen (secondary N) is 1. The van der Waals surface area contributed by atoms with Crippen molar-refractivity contribution in [1.82, 2.24) is 10.2 Å². The van der Waals surface area contributed by atoms with Crippen LogP contribution in [-0.4, -0.2) is 48.7 Å². The zero-order valence-corrected chi connectivity index (χ0v) is 15.2. The molecule has 0 bridgehead atoms. The van der Waals surface area contributed by atoms with E-state index in [0.717, 1.165) is 30.6 Å². The summed E-state index contributed by atoms with van der Waals surface area (Å²) in [5, 5.41) is 2.80. The average molecular weight is 358 g/mol. The lowest BCUT2D eigenvalue weighted by Crippen LogP contribution is -2.42. The van der Waals surface area contributed by atoms with Crippen molar-refractivity contribution in [3.8, 4) is 5.75 Å². The number of urea groups is 1. The summed E-state index contributed by atoms with van der Waals surface area (Å²) in [5.74, 6) is 0.615. The minimum absolute atomic E-state index is 0.133. The Morgan fingerprint density at radius 3 is 2.96 bits per heavy atom. The van der Waals surface area contributed by atoms with Gasteiger partial charge in [-0.2, -0.15) is 0 Å². The molecule has 1 spiro atoms. The molecule has 1 saturated heterocycles. The van der Waals surface area contributed by atoms with Crippen molar-refractivity contribution in [3.05, 3.63) is 35.9 Å². The highest BCUT2D eigenvalue weighted by molar-refractivity contribution is 5.75. The Labute approximate surface area is 154 Å². The number of fused-ring (bicyclic) bond motifs is 1. The van der Waals surface area contributed by atoms with Gasteiger partial charge in [-0.05, 0) is 31.9 Å². The van der Waals surface area contributed by atoms with Gasteiger partial charge in [0.2, 0.25) is 0 Å². The number of esters is 1. The summed E-state index contributed by atoms with van der Waals surface area (Å²) < 4.78 is 11.2. The van der Waals surface area contributed by atoms with Gasteiger partial charge in [-0.25, -0.2) is 4.79 Å². The number of carbonyl (C=O) groups is 2. The Kier molecular flexibility index (Phi) is 5.81. The molecule has 2 heterocycles. The summed E-state index contributed by atoms with van der Waals surface area (Å²) in [4.78, 5) is 25.5. The first kappa shape index (κ1) is 18.3. The van der Waals surface area contributed by atoms with E-state index in [4.69, 9.17) is 9.47 Å². The molecule has 6 nitrogen and oxygen atoms in total. The van der Waals surface area contributed by atoms with Gasteiger partial charge in [0.05, 0.1) is 13.0 Å². The smallest absolute Gasteiger partial charge is 0.317 e. The van der Waals surface area contributed by atoms with Gasteiger partial charge in [0.25, 0.3) is 0 Å². The summed E-state index contributed by atoms with van der Waals surface area (Å²) in [6.45, 7) is 3.73. The first-order valence-corrected chi connectivity index (χ1v) is 9.27. The van der Waals surface area contributed by atoms with E-state index in [0.29, 0.717) is 26.2 Å². The number of benzene rings is 1. The van der Waals surface area contributed by atoms with Gasteiger partial charge >= 0.3 is 12.0 Å². The number of carbonyl (C=O) groups excluding carboxylic acids is 2. The molecule has 1 fully saturated rings. The number of likely N-dealkylation sites (tertiary alicyclic amines) is 1. The molecule has 0 aromatic heterocycles. The number of nitrogens with zero attached hydrogens (tertiary/aromatic N) is 1. The molecule has 1 aromatic carbocycles. The molecule has 1 N–H and O–H groups in total. The summed E-state index contributed by atoms with van der Waals surface area (Å²) >= 11 is 0. The summed E-state index contributed by atoms with van der Waals surface area (Å²) in [6.07, 6.45) is 6.96. The Morgan fingerprint density at radius 2 is 2.12 bits per heavy atom. The summed E-state index contributed by atoms with van der Waals surface area (Å²) in [5.41, 5.74) is 0.754. The lowest BCUT2D eigenvalue weighted by atomic mass is 9.91. The van der Waals surface area contributed by atoms with Crippen LogP contribution in [0.25, 0.3) is 6.08 Å². The molecule has 2 aliphatic rings. The standard InChI is InChI=1S/C20H26N2O4/c1-2-25-18(23)9-13-21-19(24)22-14-5-10-20(12-15-22)11-8-16-6-3-4-7-17(16)26-20/h3-4,6-8,11H,2,5,9-10,12-15H2,1H3,(H,21,24). The highest BCUT2D eigenvalue weighted by atomic mass is 16.5. The molecule has 0 radical (unpaired) electrons. The predicted molar refractivity (Wildman–Crippen MR) is 98.9 cm³/mol. The number of para-hydroxylation sites is 1. The zero-order chi connectivity index (χ0) is 18.4. The maximum atomic E-state index is 12.4. The average Bonchev–Trinajstić information content (AvgIpc) is 2.84. The molecular weight excluding hydrogens is 332 g/mol.